The number of nitrogens with one attached hydrogen (secondary N) is 2. The lowest BCUT2D eigenvalue weighted by Crippen LogP contribution is -2.49. The number of methoxy groups -OCH3 is 1. The van der Waals surface area contributed by atoms with E-state index in [-0.39, 0.29) is 5.56 Å². The normalized spacial score (nSPS) is 12.9. The van der Waals surface area contributed by atoms with Crippen LogP contribution in [0.5, 0.6) is 5.75 Å². The molecule has 3 aromatic heterocycles. The molecule has 0 aliphatic carbocycles. The molecule has 38 heavy (non-hydrogen) atoms. The molecule has 4 heterocycles. The monoisotopic (exact) mass is 511 g/mol. The quantitative estimate of drug-likeness (QED) is 0.182. The smallest absolute Gasteiger partial charge is 0.295 e. The van der Waals surface area contributed by atoms with Crippen LogP contribution < -0.4 is 4.74 Å². The predicted molar refractivity (Wildman–Crippen MR) is 146 cm³/mol. The van der Waals surface area contributed by atoms with Gasteiger partial charge in [-0.05, 0) is 12.6 Å². The van der Waals surface area contributed by atoms with Crippen LogP contribution in [0.15, 0.2) is 61.3 Å². The zero-order valence-electron chi connectivity index (χ0n) is 21.3. The van der Waals surface area contributed by atoms with E-state index in [0.29, 0.717) is 41.1 Å². The number of aromatic nitrogens is 4. The molecule has 1 saturated heterocycles. The summed E-state index contributed by atoms with van der Waals surface area (Å²) < 4.78 is 5.40. The average Bonchev–Trinajstić information content (AvgIpc) is 3.44. The third-order valence-corrected chi connectivity index (χ3v) is 5.90. The Balaban J connectivity index is 0.000000339. The average molecular weight is 512 g/mol. The first-order chi connectivity index (χ1) is 18.5. The fraction of sp³-hybridized carbons (Fsp3) is 0.214. The first-order valence-corrected chi connectivity index (χ1v) is 11.7. The highest BCUT2D eigenvalue weighted by Gasteiger charge is 2.29. The Hall–Kier alpha value is -4.88. The lowest BCUT2D eigenvalue weighted by molar-refractivity contribution is -0.127. The molecule has 0 unspecified atom stereocenters. The highest BCUT2D eigenvalue weighted by atomic mass is 16.5. The van der Waals surface area contributed by atoms with Crippen molar-refractivity contribution in [1.29, 1.82) is 5.41 Å². The topological polar surface area (TPSA) is 128 Å². The number of Topliss-reactive ketones (excluding diaryl/α,β-unsaturated/α-hetero) is 1. The molecule has 4 aromatic rings. The van der Waals surface area contributed by atoms with Gasteiger partial charge in [-0.15, -0.1) is 12.8 Å². The van der Waals surface area contributed by atoms with Crippen LogP contribution in [0.25, 0.3) is 22.3 Å². The predicted octanol–water partition coefficient (Wildman–Crippen LogP) is 2.92. The van der Waals surface area contributed by atoms with Gasteiger partial charge in [-0.3, -0.25) is 19.6 Å². The summed E-state index contributed by atoms with van der Waals surface area (Å²) >= 11 is 0. The second-order valence-electron chi connectivity index (χ2n) is 8.20. The summed E-state index contributed by atoms with van der Waals surface area (Å²) in [5.41, 5.74) is 2.89. The molecule has 1 aliphatic heterocycles. The van der Waals surface area contributed by atoms with E-state index in [1.807, 2.05) is 37.4 Å². The maximum atomic E-state index is 13.0. The van der Waals surface area contributed by atoms with Crippen molar-refractivity contribution in [2.45, 2.75) is 0 Å². The number of carbonyl (C=O) groups excluding carboxylic acids is 2. The number of hydrogen-bond donors (Lipinski definition) is 2. The van der Waals surface area contributed by atoms with Gasteiger partial charge in [0, 0.05) is 51.0 Å². The third-order valence-electron chi connectivity index (χ3n) is 5.90. The number of rotatable bonds is 5. The van der Waals surface area contributed by atoms with Gasteiger partial charge < -0.3 is 24.9 Å². The highest BCUT2D eigenvalue weighted by Crippen LogP contribution is 2.33. The second kappa shape index (κ2) is 13.4. The molecule has 1 amide bonds. The molecule has 2 N–H and O–H groups in total. The minimum Gasteiger partial charge on any atom is -0.494 e. The number of likely N-dealkylation sites (N-methyl/N-ethyl adjacent to an activating group) is 1. The Morgan fingerprint density at radius 1 is 1.05 bits per heavy atom. The van der Waals surface area contributed by atoms with Crippen LogP contribution in [-0.4, -0.2) is 88.0 Å². The van der Waals surface area contributed by atoms with Gasteiger partial charge in [-0.25, -0.2) is 4.98 Å². The number of ether oxygens (including phenoxy) is 1. The SMILES string of the molecule is C#C.COc1cnc(-c2cnccn2)c2[nH]cc(C(=O)C(=O)N3CCN(C)CC3)c12.N=Cc1ccccc1. The number of hydrogen-bond acceptors (Lipinski definition) is 8. The van der Waals surface area contributed by atoms with Gasteiger partial charge in [0.2, 0.25) is 0 Å². The summed E-state index contributed by atoms with van der Waals surface area (Å²) in [5, 5.41) is 7.34. The van der Waals surface area contributed by atoms with Crippen molar-refractivity contribution >= 4 is 28.8 Å². The molecule has 1 fully saturated rings. The number of benzene rings is 1. The van der Waals surface area contributed by atoms with Gasteiger partial charge in [0.15, 0.2) is 0 Å². The van der Waals surface area contributed by atoms with Crippen molar-refractivity contribution in [2.24, 2.45) is 0 Å². The van der Waals surface area contributed by atoms with Gasteiger partial charge in [0.25, 0.3) is 11.7 Å². The molecule has 1 aliphatic rings. The first kappa shape index (κ1) is 27.7. The fourth-order valence-electron chi connectivity index (χ4n) is 3.89. The van der Waals surface area contributed by atoms with Crippen molar-refractivity contribution < 1.29 is 14.3 Å². The molecule has 5 rings (SSSR count). The molecule has 0 saturated carbocycles. The van der Waals surface area contributed by atoms with E-state index < -0.39 is 11.7 Å². The van der Waals surface area contributed by atoms with E-state index in [4.69, 9.17) is 10.1 Å². The van der Waals surface area contributed by atoms with E-state index in [9.17, 15) is 9.59 Å². The summed E-state index contributed by atoms with van der Waals surface area (Å²) in [6.07, 6.45) is 17.1. The van der Waals surface area contributed by atoms with E-state index in [1.165, 1.54) is 25.7 Å². The summed E-state index contributed by atoms with van der Waals surface area (Å²) in [4.78, 5) is 45.3. The van der Waals surface area contributed by atoms with Crippen molar-refractivity contribution in [3.05, 3.63) is 72.4 Å². The van der Waals surface area contributed by atoms with Gasteiger partial charge in [0.05, 0.1) is 36.0 Å². The fourth-order valence-corrected chi connectivity index (χ4v) is 3.89. The van der Waals surface area contributed by atoms with Crippen LogP contribution in [0.1, 0.15) is 15.9 Å². The molecule has 194 valence electrons. The number of amides is 1. The van der Waals surface area contributed by atoms with E-state index in [1.54, 1.807) is 23.5 Å². The number of H-pyrrole nitrogens is 1. The molecule has 0 bridgehead atoms. The first-order valence-electron chi connectivity index (χ1n) is 11.7. The van der Waals surface area contributed by atoms with Crippen LogP contribution in [0.3, 0.4) is 0 Å². The molecule has 0 atom stereocenters. The Morgan fingerprint density at radius 3 is 2.34 bits per heavy atom. The third kappa shape index (κ3) is 6.27. The summed E-state index contributed by atoms with van der Waals surface area (Å²) in [5.74, 6) is -0.655. The summed E-state index contributed by atoms with van der Waals surface area (Å²) in [7, 11) is 3.50. The Kier molecular flexibility index (Phi) is 9.79. The molecular formula is C28H29N7O3. The van der Waals surface area contributed by atoms with Gasteiger partial charge in [-0.1, -0.05) is 30.3 Å². The van der Waals surface area contributed by atoms with Crippen LogP contribution in [0.2, 0.25) is 0 Å². The summed E-state index contributed by atoms with van der Waals surface area (Å²) in [6, 6.07) is 9.56. The van der Waals surface area contributed by atoms with E-state index in [0.717, 1.165) is 18.7 Å². The second-order valence-corrected chi connectivity index (χ2v) is 8.20. The molecule has 0 spiro atoms. The Labute approximate surface area is 221 Å². The summed E-state index contributed by atoms with van der Waals surface area (Å²) in [6.45, 7) is 2.56. The van der Waals surface area contributed by atoms with Crippen molar-refractivity contribution in [3.63, 3.8) is 0 Å². The van der Waals surface area contributed by atoms with Crippen molar-refractivity contribution in [3.8, 4) is 30.0 Å². The van der Waals surface area contributed by atoms with Crippen LogP contribution in [0, 0.1) is 18.3 Å². The molecule has 10 heteroatoms. The molecular weight excluding hydrogens is 482 g/mol. The lowest BCUT2D eigenvalue weighted by Gasteiger charge is -2.31. The number of aromatic amines is 1. The van der Waals surface area contributed by atoms with Gasteiger partial charge in [0.1, 0.15) is 17.1 Å². The number of nitrogens with zero attached hydrogens (tertiary/aromatic N) is 5. The number of fused-ring (bicyclic) bond motifs is 1. The minimum atomic E-state index is -0.564. The van der Waals surface area contributed by atoms with E-state index >= 15 is 0 Å². The standard InChI is InChI=1S/C19H20N6O3.C7H7N.C2H2/c1-24-5-7-25(8-6-24)19(27)18(26)12-9-22-17-15(12)14(28-2)11-23-16(17)13-10-20-3-4-21-13;8-6-7-4-2-1-3-5-7;1-2/h3-4,9-11,22H,5-8H2,1-2H3;1-6,8H;1-2H. The van der Waals surface area contributed by atoms with Gasteiger partial charge in [-0.2, -0.15) is 0 Å². The van der Waals surface area contributed by atoms with E-state index in [2.05, 4.69) is 37.7 Å². The number of pyridine rings is 1. The minimum absolute atomic E-state index is 0.267. The molecule has 1 aromatic carbocycles. The number of ketones is 1. The zero-order valence-corrected chi connectivity index (χ0v) is 21.3. The highest BCUT2D eigenvalue weighted by molar-refractivity contribution is 6.45. The van der Waals surface area contributed by atoms with Crippen molar-refractivity contribution in [2.75, 3.05) is 40.3 Å². The van der Waals surface area contributed by atoms with Crippen LogP contribution >= 0.6 is 0 Å². The molecule has 10 nitrogen and oxygen atoms in total. The largest absolute Gasteiger partial charge is 0.494 e. The number of terminal acetylenes is 1. The van der Waals surface area contributed by atoms with Crippen molar-refractivity contribution in [1.82, 2.24) is 29.7 Å². The number of piperazine rings is 1. The molecule has 0 radical (unpaired) electrons. The maximum absolute atomic E-state index is 13.0. The van der Waals surface area contributed by atoms with Crippen LogP contribution in [0.4, 0.5) is 0 Å². The van der Waals surface area contributed by atoms with Gasteiger partial charge >= 0.3 is 0 Å². The number of carbonyl (C=O) groups is 2. The Bertz CT molecular complexity index is 1390. The lowest BCUT2D eigenvalue weighted by atomic mass is 10.1. The zero-order chi connectivity index (χ0) is 27.5. The Morgan fingerprint density at radius 2 is 1.76 bits per heavy atom. The maximum Gasteiger partial charge on any atom is 0.295 e. The van der Waals surface area contributed by atoms with Crippen LogP contribution in [-0.2, 0) is 4.79 Å².